The minimum Gasteiger partial charge on any atom is -0.325 e. The molecule has 1 aliphatic rings. The van der Waals surface area contributed by atoms with Gasteiger partial charge in [-0.05, 0) is 49.3 Å². The van der Waals surface area contributed by atoms with Crippen LogP contribution in [0.3, 0.4) is 0 Å². The molecule has 21 heavy (non-hydrogen) atoms. The Labute approximate surface area is 132 Å². The maximum Gasteiger partial charge on any atom is 0.238 e. The molecule has 4 heteroatoms. The lowest BCUT2D eigenvalue weighted by atomic mass is 9.83. The van der Waals surface area contributed by atoms with Crippen molar-refractivity contribution in [3.8, 4) is 0 Å². The summed E-state index contributed by atoms with van der Waals surface area (Å²) in [6.07, 6.45) is 6.40. The van der Waals surface area contributed by atoms with Gasteiger partial charge in [0.1, 0.15) is 0 Å². The summed E-state index contributed by atoms with van der Waals surface area (Å²) in [7, 11) is 0. The van der Waals surface area contributed by atoms with E-state index in [1.807, 2.05) is 19.1 Å². The Hall–Kier alpha value is -1.06. The summed E-state index contributed by atoms with van der Waals surface area (Å²) in [5.41, 5.74) is 2.22. The van der Waals surface area contributed by atoms with E-state index in [9.17, 15) is 4.79 Å². The smallest absolute Gasteiger partial charge is 0.238 e. The number of aryl methyl sites for hydroxylation is 1. The standard InChI is InChI=1S/C17H25ClN2O/c1-3-17(8-4-5-9-17)12-19-11-16(21)20-15-10-14(18)7-6-13(15)2/h6-7,10,19H,3-5,8-9,11-12H2,1-2H3,(H,20,21). The number of anilines is 1. The van der Waals surface area contributed by atoms with E-state index in [0.717, 1.165) is 17.8 Å². The molecular formula is C17H25ClN2O. The third-order valence-corrected chi connectivity index (χ3v) is 4.91. The van der Waals surface area contributed by atoms with Crippen LogP contribution in [0, 0.1) is 12.3 Å². The lowest BCUT2D eigenvalue weighted by Crippen LogP contribution is -2.36. The van der Waals surface area contributed by atoms with E-state index in [1.165, 1.54) is 32.1 Å². The summed E-state index contributed by atoms with van der Waals surface area (Å²) in [6.45, 7) is 5.51. The van der Waals surface area contributed by atoms with Crippen molar-refractivity contribution in [2.45, 2.75) is 46.0 Å². The summed E-state index contributed by atoms with van der Waals surface area (Å²) in [4.78, 5) is 12.0. The Kier molecular flexibility index (Phi) is 5.65. The molecule has 0 bridgehead atoms. The first-order chi connectivity index (χ1) is 10.0. The van der Waals surface area contributed by atoms with Crippen molar-refractivity contribution in [2.75, 3.05) is 18.4 Å². The van der Waals surface area contributed by atoms with Crippen LogP contribution < -0.4 is 10.6 Å². The topological polar surface area (TPSA) is 41.1 Å². The van der Waals surface area contributed by atoms with Gasteiger partial charge < -0.3 is 10.6 Å². The van der Waals surface area contributed by atoms with Crippen LogP contribution in [0.4, 0.5) is 5.69 Å². The fourth-order valence-electron chi connectivity index (χ4n) is 3.14. The zero-order chi connectivity index (χ0) is 15.3. The third-order valence-electron chi connectivity index (χ3n) is 4.67. The molecule has 0 atom stereocenters. The number of benzene rings is 1. The fraction of sp³-hybridized carbons (Fsp3) is 0.588. The first-order valence-electron chi connectivity index (χ1n) is 7.81. The Bertz CT molecular complexity index is 496. The highest BCUT2D eigenvalue weighted by atomic mass is 35.5. The number of hydrogen-bond acceptors (Lipinski definition) is 2. The lowest BCUT2D eigenvalue weighted by molar-refractivity contribution is -0.115. The predicted octanol–water partition coefficient (Wildman–Crippen LogP) is 4.15. The highest BCUT2D eigenvalue weighted by Crippen LogP contribution is 2.40. The number of halogens is 1. The van der Waals surface area contributed by atoms with Crippen LogP contribution in [-0.2, 0) is 4.79 Å². The summed E-state index contributed by atoms with van der Waals surface area (Å²) in [6, 6.07) is 5.53. The van der Waals surface area contributed by atoms with E-state index < -0.39 is 0 Å². The molecule has 1 saturated carbocycles. The number of rotatable bonds is 6. The van der Waals surface area contributed by atoms with Crippen LogP contribution in [0.15, 0.2) is 18.2 Å². The van der Waals surface area contributed by atoms with Gasteiger partial charge in [0, 0.05) is 17.3 Å². The third kappa shape index (κ3) is 4.45. The molecule has 0 aromatic heterocycles. The Morgan fingerprint density at radius 3 is 2.71 bits per heavy atom. The van der Waals surface area contributed by atoms with E-state index in [1.54, 1.807) is 6.07 Å². The van der Waals surface area contributed by atoms with Crippen LogP contribution in [0.5, 0.6) is 0 Å². The van der Waals surface area contributed by atoms with Crippen LogP contribution in [0.1, 0.15) is 44.6 Å². The molecule has 1 amide bonds. The molecule has 1 aliphatic carbocycles. The molecule has 1 fully saturated rings. The summed E-state index contributed by atoms with van der Waals surface area (Å²) >= 11 is 5.96. The second-order valence-electron chi connectivity index (χ2n) is 6.17. The molecule has 2 N–H and O–H groups in total. The normalized spacial score (nSPS) is 16.9. The van der Waals surface area contributed by atoms with Gasteiger partial charge in [0.05, 0.1) is 6.54 Å². The molecular weight excluding hydrogens is 284 g/mol. The fourth-order valence-corrected chi connectivity index (χ4v) is 3.32. The van der Waals surface area contributed by atoms with Gasteiger partial charge in [0.25, 0.3) is 0 Å². The van der Waals surface area contributed by atoms with Gasteiger partial charge in [-0.3, -0.25) is 4.79 Å². The van der Waals surface area contributed by atoms with Gasteiger partial charge in [-0.2, -0.15) is 0 Å². The molecule has 3 nitrogen and oxygen atoms in total. The summed E-state index contributed by atoms with van der Waals surface area (Å²) < 4.78 is 0. The Morgan fingerprint density at radius 1 is 1.33 bits per heavy atom. The van der Waals surface area contributed by atoms with Crippen LogP contribution >= 0.6 is 11.6 Å². The first-order valence-corrected chi connectivity index (χ1v) is 8.19. The second-order valence-corrected chi connectivity index (χ2v) is 6.61. The number of hydrogen-bond donors (Lipinski definition) is 2. The van der Waals surface area contributed by atoms with Gasteiger partial charge in [-0.15, -0.1) is 0 Å². The second kappa shape index (κ2) is 7.28. The largest absolute Gasteiger partial charge is 0.325 e. The van der Waals surface area contributed by atoms with Crippen molar-refractivity contribution in [3.05, 3.63) is 28.8 Å². The number of carbonyl (C=O) groups is 1. The first kappa shape index (κ1) is 16.3. The molecule has 0 radical (unpaired) electrons. The van der Waals surface area contributed by atoms with Gasteiger partial charge in [0.15, 0.2) is 0 Å². The summed E-state index contributed by atoms with van der Waals surface area (Å²) in [5.74, 6) is -0.00961. The lowest BCUT2D eigenvalue weighted by Gasteiger charge is -2.27. The van der Waals surface area contributed by atoms with E-state index >= 15 is 0 Å². The van der Waals surface area contributed by atoms with Crippen molar-refractivity contribution >= 4 is 23.2 Å². The molecule has 1 aromatic rings. The Morgan fingerprint density at radius 2 is 2.05 bits per heavy atom. The van der Waals surface area contributed by atoms with Crippen molar-refractivity contribution in [1.82, 2.24) is 5.32 Å². The number of nitrogens with one attached hydrogen (secondary N) is 2. The van der Waals surface area contributed by atoms with E-state index in [-0.39, 0.29) is 5.91 Å². The molecule has 0 unspecified atom stereocenters. The van der Waals surface area contributed by atoms with Crippen LogP contribution in [-0.4, -0.2) is 19.0 Å². The van der Waals surface area contributed by atoms with Crippen molar-refractivity contribution in [1.29, 1.82) is 0 Å². The van der Waals surface area contributed by atoms with E-state index in [0.29, 0.717) is 17.0 Å². The minimum atomic E-state index is -0.00961. The maximum atomic E-state index is 12.0. The molecule has 0 spiro atoms. The van der Waals surface area contributed by atoms with E-state index in [2.05, 4.69) is 17.6 Å². The number of carbonyl (C=O) groups excluding carboxylic acids is 1. The van der Waals surface area contributed by atoms with Gasteiger partial charge >= 0.3 is 0 Å². The highest BCUT2D eigenvalue weighted by molar-refractivity contribution is 6.31. The molecule has 0 saturated heterocycles. The molecule has 2 rings (SSSR count). The zero-order valence-corrected chi connectivity index (χ0v) is 13.7. The highest BCUT2D eigenvalue weighted by Gasteiger charge is 2.31. The molecule has 1 aromatic carbocycles. The molecule has 0 aliphatic heterocycles. The average Bonchev–Trinajstić information content (AvgIpc) is 2.92. The maximum absolute atomic E-state index is 12.0. The van der Waals surface area contributed by atoms with Crippen molar-refractivity contribution in [2.24, 2.45) is 5.41 Å². The van der Waals surface area contributed by atoms with Crippen LogP contribution in [0.2, 0.25) is 5.02 Å². The minimum absolute atomic E-state index is 0.00961. The zero-order valence-electron chi connectivity index (χ0n) is 13.0. The van der Waals surface area contributed by atoms with Crippen molar-refractivity contribution < 1.29 is 4.79 Å². The SMILES string of the molecule is CCC1(CNCC(=O)Nc2cc(Cl)ccc2C)CCCC1. The molecule has 116 valence electrons. The quantitative estimate of drug-likeness (QED) is 0.829. The van der Waals surface area contributed by atoms with Gasteiger partial charge in [0.2, 0.25) is 5.91 Å². The van der Waals surface area contributed by atoms with Crippen LogP contribution in [0.25, 0.3) is 0 Å². The predicted molar refractivity (Wildman–Crippen MR) is 88.9 cm³/mol. The van der Waals surface area contributed by atoms with E-state index in [4.69, 9.17) is 11.6 Å². The Balaban J connectivity index is 1.81. The van der Waals surface area contributed by atoms with Gasteiger partial charge in [-0.1, -0.05) is 37.4 Å². The summed E-state index contributed by atoms with van der Waals surface area (Å²) in [5, 5.41) is 6.89. The monoisotopic (exact) mass is 308 g/mol. The van der Waals surface area contributed by atoms with Gasteiger partial charge in [-0.25, -0.2) is 0 Å². The molecule has 0 heterocycles. The number of amides is 1. The van der Waals surface area contributed by atoms with Crippen molar-refractivity contribution in [3.63, 3.8) is 0 Å². The average molecular weight is 309 g/mol.